The molecule has 2 aromatic rings. The van der Waals surface area contributed by atoms with E-state index in [0.29, 0.717) is 23.6 Å². The fourth-order valence-corrected chi connectivity index (χ4v) is 7.42. The molecule has 2 bridgehead atoms. The SMILES string of the molecule is C=CCN(C(=O)C1N([C@@H](CO)Cc2ccccc2)C(=O)[C@@H]2[C@H](C(=O)OCC)[C@@]3(C)OC12CC3C)c1ccc(Cl)cc1. The van der Waals surface area contributed by atoms with Gasteiger partial charge in [-0.1, -0.05) is 54.9 Å². The number of hydrogen-bond acceptors (Lipinski definition) is 6. The maximum atomic E-state index is 14.8. The lowest BCUT2D eigenvalue weighted by molar-refractivity contribution is -0.162. The van der Waals surface area contributed by atoms with Gasteiger partial charge in [0.2, 0.25) is 5.91 Å². The zero-order chi connectivity index (χ0) is 29.5. The molecular formula is C32H37ClN2O6. The standard InChI is InChI=1S/C32H37ClN2O6/c1-5-16-34(23-14-12-22(33)13-15-23)29(38)27-32-18-20(3)31(4,41-32)26(30(39)40-6-2)25(32)28(37)35(27)24(19-36)17-21-10-8-7-9-11-21/h5,7-15,20,24-27,36H,1,6,16-19H2,2-4H3/t20?,24-,25+,26-,27?,31+,32?/m1/s1. The molecule has 41 heavy (non-hydrogen) atoms. The molecule has 2 amide bonds. The van der Waals surface area contributed by atoms with Gasteiger partial charge in [-0.3, -0.25) is 14.4 Å². The summed E-state index contributed by atoms with van der Waals surface area (Å²) in [6, 6.07) is 14.6. The van der Waals surface area contributed by atoms with Crippen molar-refractivity contribution in [3.63, 3.8) is 0 Å². The fourth-order valence-electron chi connectivity index (χ4n) is 7.30. The number of amides is 2. The molecule has 3 heterocycles. The summed E-state index contributed by atoms with van der Waals surface area (Å²) in [5.74, 6) is -3.16. The van der Waals surface area contributed by atoms with E-state index in [4.69, 9.17) is 21.1 Å². The number of rotatable bonds is 10. The predicted molar refractivity (Wildman–Crippen MR) is 155 cm³/mol. The van der Waals surface area contributed by atoms with Crippen molar-refractivity contribution in [1.29, 1.82) is 0 Å². The third-order valence-electron chi connectivity index (χ3n) is 9.16. The number of carbonyl (C=O) groups excluding carboxylic acids is 3. The first kappa shape index (κ1) is 29.3. The third-order valence-corrected chi connectivity index (χ3v) is 9.41. The monoisotopic (exact) mass is 580 g/mol. The second kappa shape index (κ2) is 11.2. The van der Waals surface area contributed by atoms with Crippen LogP contribution >= 0.6 is 11.6 Å². The lowest BCUT2D eigenvalue weighted by atomic mass is 9.62. The minimum atomic E-state index is -1.27. The molecule has 0 aromatic heterocycles. The van der Waals surface area contributed by atoms with Crippen molar-refractivity contribution in [2.45, 2.75) is 56.9 Å². The van der Waals surface area contributed by atoms with Crippen LogP contribution in [0.3, 0.4) is 0 Å². The highest BCUT2D eigenvalue weighted by molar-refractivity contribution is 6.30. The van der Waals surface area contributed by atoms with Crippen LogP contribution in [0.4, 0.5) is 5.69 Å². The van der Waals surface area contributed by atoms with Crippen molar-refractivity contribution in [1.82, 2.24) is 4.90 Å². The summed E-state index contributed by atoms with van der Waals surface area (Å²) in [6.07, 6.45) is 2.36. The number of likely N-dealkylation sites (tertiary alicyclic amines) is 1. The smallest absolute Gasteiger partial charge is 0.312 e. The average molecular weight is 581 g/mol. The normalized spacial score (nSPS) is 30.7. The molecule has 0 radical (unpaired) electrons. The predicted octanol–water partition coefficient (Wildman–Crippen LogP) is 4.04. The Kier molecular flexibility index (Phi) is 8.03. The van der Waals surface area contributed by atoms with E-state index in [-0.39, 0.29) is 37.5 Å². The van der Waals surface area contributed by atoms with Gasteiger partial charge in [0, 0.05) is 17.3 Å². The summed E-state index contributed by atoms with van der Waals surface area (Å²) in [6.45, 7) is 9.38. The van der Waals surface area contributed by atoms with E-state index in [1.54, 1.807) is 42.2 Å². The van der Waals surface area contributed by atoms with Gasteiger partial charge >= 0.3 is 5.97 Å². The largest absolute Gasteiger partial charge is 0.466 e. The van der Waals surface area contributed by atoms with Gasteiger partial charge in [-0.25, -0.2) is 0 Å². The number of halogens is 1. The van der Waals surface area contributed by atoms with Gasteiger partial charge < -0.3 is 24.4 Å². The summed E-state index contributed by atoms with van der Waals surface area (Å²) < 4.78 is 12.3. The van der Waals surface area contributed by atoms with Crippen LogP contribution in [-0.4, -0.2) is 70.8 Å². The highest BCUT2D eigenvalue weighted by Crippen LogP contribution is 2.65. The van der Waals surface area contributed by atoms with E-state index in [9.17, 15) is 19.5 Å². The van der Waals surface area contributed by atoms with Gasteiger partial charge in [-0.05, 0) is 62.4 Å². The van der Waals surface area contributed by atoms with E-state index in [1.807, 2.05) is 44.2 Å². The zero-order valence-electron chi connectivity index (χ0n) is 23.7. The average Bonchev–Trinajstić information content (AvgIpc) is 3.48. The van der Waals surface area contributed by atoms with Gasteiger partial charge in [-0.15, -0.1) is 6.58 Å². The van der Waals surface area contributed by atoms with Crippen molar-refractivity contribution >= 4 is 35.1 Å². The summed E-state index contributed by atoms with van der Waals surface area (Å²) >= 11 is 6.14. The Morgan fingerprint density at radius 3 is 2.54 bits per heavy atom. The van der Waals surface area contributed by atoms with Crippen LogP contribution in [-0.2, 0) is 30.3 Å². The fraction of sp³-hybridized carbons (Fsp3) is 0.469. The number of aliphatic hydroxyl groups is 1. The number of fused-ring (bicyclic) bond motifs is 1. The van der Waals surface area contributed by atoms with Crippen molar-refractivity contribution < 1.29 is 29.0 Å². The maximum absolute atomic E-state index is 14.8. The first-order chi connectivity index (χ1) is 19.6. The lowest BCUT2D eigenvalue weighted by Gasteiger charge is -2.39. The Bertz CT molecular complexity index is 1320. The Morgan fingerprint density at radius 1 is 1.24 bits per heavy atom. The Morgan fingerprint density at radius 2 is 1.93 bits per heavy atom. The van der Waals surface area contributed by atoms with Crippen LogP contribution in [0.5, 0.6) is 0 Å². The van der Waals surface area contributed by atoms with Crippen molar-refractivity contribution in [2.24, 2.45) is 17.8 Å². The van der Waals surface area contributed by atoms with Crippen LogP contribution < -0.4 is 4.90 Å². The Balaban J connectivity index is 1.65. The van der Waals surface area contributed by atoms with Crippen LogP contribution in [0.2, 0.25) is 5.02 Å². The van der Waals surface area contributed by atoms with E-state index < -0.39 is 41.1 Å². The maximum Gasteiger partial charge on any atom is 0.312 e. The Labute approximate surface area is 245 Å². The number of hydrogen-bond donors (Lipinski definition) is 1. The molecule has 2 aromatic carbocycles. The molecule has 3 unspecified atom stereocenters. The van der Waals surface area contributed by atoms with E-state index in [1.165, 1.54) is 4.90 Å². The topological polar surface area (TPSA) is 96.4 Å². The van der Waals surface area contributed by atoms with Crippen LogP contribution in [0.25, 0.3) is 0 Å². The molecule has 3 saturated heterocycles. The molecule has 5 rings (SSSR count). The van der Waals surface area contributed by atoms with Gasteiger partial charge in [0.15, 0.2) is 0 Å². The number of esters is 1. The molecule has 3 aliphatic rings. The second-order valence-electron chi connectivity index (χ2n) is 11.4. The van der Waals surface area contributed by atoms with Crippen LogP contribution in [0, 0.1) is 17.8 Å². The molecule has 0 saturated carbocycles. The minimum absolute atomic E-state index is 0.124. The molecule has 9 heteroatoms. The van der Waals surface area contributed by atoms with E-state index in [2.05, 4.69) is 6.58 Å². The number of nitrogens with zero attached hydrogens (tertiary/aromatic N) is 2. The highest BCUT2D eigenvalue weighted by Gasteiger charge is 2.80. The van der Waals surface area contributed by atoms with Crippen molar-refractivity contribution in [2.75, 3.05) is 24.7 Å². The van der Waals surface area contributed by atoms with E-state index in [0.717, 1.165) is 5.56 Å². The summed E-state index contributed by atoms with van der Waals surface area (Å²) in [4.78, 5) is 45.8. The van der Waals surface area contributed by atoms with Gasteiger partial charge in [0.05, 0.1) is 30.8 Å². The number of anilines is 1. The molecule has 3 fully saturated rings. The highest BCUT2D eigenvalue weighted by atomic mass is 35.5. The molecule has 1 N–H and O–H groups in total. The molecule has 1 spiro atoms. The first-order valence-corrected chi connectivity index (χ1v) is 14.5. The number of carbonyl (C=O) groups is 3. The molecular weight excluding hydrogens is 544 g/mol. The summed E-state index contributed by atoms with van der Waals surface area (Å²) in [7, 11) is 0. The summed E-state index contributed by atoms with van der Waals surface area (Å²) in [5, 5.41) is 11.2. The third kappa shape index (κ3) is 4.66. The quantitative estimate of drug-likeness (QED) is 0.337. The zero-order valence-corrected chi connectivity index (χ0v) is 24.4. The minimum Gasteiger partial charge on any atom is -0.466 e. The van der Waals surface area contributed by atoms with Crippen molar-refractivity contribution in [3.05, 3.63) is 77.8 Å². The molecule has 7 atom stereocenters. The molecule has 8 nitrogen and oxygen atoms in total. The number of benzene rings is 2. The second-order valence-corrected chi connectivity index (χ2v) is 11.9. The lowest BCUT2D eigenvalue weighted by Crippen LogP contribution is -2.59. The summed E-state index contributed by atoms with van der Waals surface area (Å²) in [5.41, 5.74) is -0.748. The van der Waals surface area contributed by atoms with Crippen LogP contribution in [0.1, 0.15) is 32.8 Å². The Hall–Kier alpha value is -3.20. The van der Waals surface area contributed by atoms with Gasteiger partial charge in [0.1, 0.15) is 17.6 Å². The molecule has 3 aliphatic heterocycles. The van der Waals surface area contributed by atoms with Crippen LogP contribution in [0.15, 0.2) is 67.3 Å². The van der Waals surface area contributed by atoms with Gasteiger partial charge in [-0.2, -0.15) is 0 Å². The molecule has 0 aliphatic carbocycles. The molecule has 218 valence electrons. The first-order valence-electron chi connectivity index (χ1n) is 14.1. The van der Waals surface area contributed by atoms with Crippen molar-refractivity contribution in [3.8, 4) is 0 Å². The van der Waals surface area contributed by atoms with Gasteiger partial charge in [0.25, 0.3) is 5.91 Å². The number of ether oxygens (including phenoxy) is 2. The van der Waals surface area contributed by atoms with E-state index >= 15 is 0 Å². The number of aliphatic hydroxyl groups excluding tert-OH is 1.